The van der Waals surface area contributed by atoms with Crippen LogP contribution in [-0.4, -0.2) is 16.6 Å². The van der Waals surface area contributed by atoms with E-state index in [0.29, 0.717) is 0 Å². The summed E-state index contributed by atoms with van der Waals surface area (Å²) in [6.45, 7) is 17.2. The lowest BCUT2D eigenvalue weighted by Crippen LogP contribution is -2.39. The van der Waals surface area contributed by atoms with Gasteiger partial charge in [0.15, 0.2) is 0 Å². The highest BCUT2D eigenvalue weighted by Crippen LogP contribution is 2.35. The van der Waals surface area contributed by atoms with Crippen LogP contribution in [0.3, 0.4) is 0 Å². The summed E-state index contributed by atoms with van der Waals surface area (Å²) in [5.41, 5.74) is 1.08. The Morgan fingerprint density at radius 1 is 0.952 bits per heavy atom. The molecule has 0 saturated heterocycles. The van der Waals surface area contributed by atoms with Gasteiger partial charge in [0, 0.05) is 0 Å². The van der Waals surface area contributed by atoms with Crippen molar-refractivity contribution in [2.75, 3.05) is 0 Å². The molecule has 0 unspecified atom stereocenters. The summed E-state index contributed by atoms with van der Waals surface area (Å²) in [4.78, 5) is 0. The normalized spacial score (nSPS) is 12.1. The summed E-state index contributed by atoms with van der Waals surface area (Å²) in [6, 6.07) is 9.54. The number of rotatable bonds is 8. The predicted octanol–water partition coefficient (Wildman–Crippen LogP) is 5.93. The van der Waals surface area contributed by atoms with E-state index in [0.717, 1.165) is 35.2 Å². The Morgan fingerprint density at radius 3 is 1.95 bits per heavy atom. The molecule has 0 spiro atoms. The Bertz CT molecular complexity index is 466. The second-order valence-corrected chi connectivity index (χ2v) is 15.6. The lowest BCUT2D eigenvalue weighted by Gasteiger charge is -2.31. The van der Waals surface area contributed by atoms with Crippen LogP contribution in [0, 0.1) is 0 Å². The second kappa shape index (κ2) is 7.32. The van der Waals surface area contributed by atoms with Crippen LogP contribution in [0.4, 0.5) is 0 Å². The molecule has 0 fully saturated rings. The van der Waals surface area contributed by atoms with Crippen molar-refractivity contribution in [2.45, 2.75) is 58.5 Å². The van der Waals surface area contributed by atoms with E-state index < -0.39 is 16.6 Å². The molecule has 1 aromatic rings. The van der Waals surface area contributed by atoms with Gasteiger partial charge in [0.25, 0.3) is 8.32 Å². The Labute approximate surface area is 132 Å². The monoisotopic (exact) mass is 322 g/mol. The SMILES string of the molecule is C=Cc1ccc(O[Si](C)(C)C)c(O[Si](CC)(CC)CC)c1. The molecule has 1 rings (SSSR count). The molecular formula is C17H30O2Si2. The minimum atomic E-state index is -1.70. The van der Waals surface area contributed by atoms with E-state index in [2.05, 4.69) is 53.1 Å². The first-order valence-corrected chi connectivity index (χ1v) is 13.9. The van der Waals surface area contributed by atoms with E-state index in [1.54, 1.807) is 0 Å². The minimum absolute atomic E-state index is 0.895. The van der Waals surface area contributed by atoms with Crippen LogP contribution in [-0.2, 0) is 0 Å². The molecule has 118 valence electrons. The molecule has 0 saturated carbocycles. The minimum Gasteiger partial charge on any atom is -0.542 e. The first-order valence-electron chi connectivity index (χ1n) is 7.93. The lowest BCUT2D eigenvalue weighted by atomic mass is 10.2. The Balaban J connectivity index is 3.20. The Hall–Kier alpha value is -1.01. The van der Waals surface area contributed by atoms with E-state index >= 15 is 0 Å². The molecule has 21 heavy (non-hydrogen) atoms. The van der Waals surface area contributed by atoms with Crippen molar-refractivity contribution in [3.63, 3.8) is 0 Å². The molecule has 0 aromatic heterocycles. The van der Waals surface area contributed by atoms with Gasteiger partial charge in [0.2, 0.25) is 8.32 Å². The van der Waals surface area contributed by atoms with Gasteiger partial charge in [-0.2, -0.15) is 0 Å². The van der Waals surface area contributed by atoms with Crippen LogP contribution in [0.15, 0.2) is 24.8 Å². The zero-order chi connectivity index (χ0) is 16.1. The fourth-order valence-corrected chi connectivity index (χ4v) is 5.73. The van der Waals surface area contributed by atoms with Gasteiger partial charge in [-0.15, -0.1) is 0 Å². The smallest absolute Gasteiger partial charge is 0.250 e. The van der Waals surface area contributed by atoms with Crippen molar-refractivity contribution in [3.05, 3.63) is 30.3 Å². The van der Waals surface area contributed by atoms with E-state index in [1.165, 1.54) is 0 Å². The zero-order valence-corrected chi connectivity index (χ0v) is 16.5. The molecule has 0 heterocycles. The third-order valence-corrected chi connectivity index (χ3v) is 9.23. The first kappa shape index (κ1) is 18.0. The molecular weight excluding hydrogens is 292 g/mol. The third-order valence-electron chi connectivity index (χ3n) is 3.88. The van der Waals surface area contributed by atoms with Gasteiger partial charge >= 0.3 is 0 Å². The van der Waals surface area contributed by atoms with Gasteiger partial charge in [-0.05, 0) is 55.5 Å². The Kier molecular flexibility index (Phi) is 6.29. The van der Waals surface area contributed by atoms with Gasteiger partial charge in [0.1, 0.15) is 11.5 Å². The summed E-state index contributed by atoms with van der Waals surface area (Å²) in [5.74, 6) is 1.80. The van der Waals surface area contributed by atoms with Crippen molar-refractivity contribution in [2.24, 2.45) is 0 Å². The summed E-state index contributed by atoms with van der Waals surface area (Å²) < 4.78 is 12.8. The highest BCUT2D eigenvalue weighted by atomic mass is 28.4. The average molecular weight is 323 g/mol. The van der Waals surface area contributed by atoms with E-state index in [4.69, 9.17) is 8.85 Å². The maximum absolute atomic E-state index is 6.56. The van der Waals surface area contributed by atoms with Gasteiger partial charge in [0.05, 0.1) is 0 Å². The fraction of sp³-hybridized carbons (Fsp3) is 0.529. The Morgan fingerprint density at radius 2 is 1.52 bits per heavy atom. The van der Waals surface area contributed by atoms with Crippen molar-refractivity contribution < 1.29 is 8.85 Å². The van der Waals surface area contributed by atoms with Crippen molar-refractivity contribution in [3.8, 4) is 11.5 Å². The van der Waals surface area contributed by atoms with Gasteiger partial charge in [-0.3, -0.25) is 0 Å². The fourth-order valence-electron chi connectivity index (χ4n) is 2.35. The van der Waals surface area contributed by atoms with Crippen LogP contribution in [0.5, 0.6) is 11.5 Å². The number of hydrogen-bond donors (Lipinski definition) is 0. The molecule has 0 aliphatic carbocycles. The summed E-state index contributed by atoms with van der Waals surface area (Å²) >= 11 is 0. The standard InChI is InChI=1S/C17H30O2Si2/c1-8-15-12-13-16(18-20(5,6)7)17(14-15)19-21(9-2,10-3)11-4/h8,12-14H,1,9-11H2,2-7H3. The van der Waals surface area contributed by atoms with Crippen molar-refractivity contribution >= 4 is 22.7 Å². The average Bonchev–Trinajstić information content (AvgIpc) is 2.45. The molecule has 0 aliphatic heterocycles. The van der Waals surface area contributed by atoms with E-state index in [9.17, 15) is 0 Å². The second-order valence-electron chi connectivity index (χ2n) is 6.47. The molecule has 0 bridgehead atoms. The lowest BCUT2D eigenvalue weighted by molar-refractivity contribution is 0.477. The van der Waals surface area contributed by atoms with Crippen molar-refractivity contribution in [1.29, 1.82) is 0 Å². The predicted molar refractivity (Wildman–Crippen MR) is 98.3 cm³/mol. The van der Waals surface area contributed by atoms with Crippen LogP contribution in [0.1, 0.15) is 26.3 Å². The van der Waals surface area contributed by atoms with E-state index in [-0.39, 0.29) is 0 Å². The highest BCUT2D eigenvalue weighted by molar-refractivity contribution is 6.74. The first-order chi connectivity index (χ1) is 9.79. The maximum atomic E-state index is 6.56. The summed E-state index contributed by atoms with van der Waals surface area (Å²) in [5, 5.41) is 0. The topological polar surface area (TPSA) is 18.5 Å². The van der Waals surface area contributed by atoms with Crippen LogP contribution in [0.25, 0.3) is 6.08 Å². The van der Waals surface area contributed by atoms with Gasteiger partial charge in [-0.1, -0.05) is 39.5 Å². The molecule has 2 nitrogen and oxygen atoms in total. The van der Waals surface area contributed by atoms with Crippen LogP contribution in [0.2, 0.25) is 37.8 Å². The van der Waals surface area contributed by atoms with Crippen molar-refractivity contribution in [1.82, 2.24) is 0 Å². The molecule has 0 amide bonds. The van der Waals surface area contributed by atoms with Crippen LogP contribution < -0.4 is 8.85 Å². The quantitative estimate of drug-likeness (QED) is 0.552. The molecule has 4 heteroatoms. The highest BCUT2D eigenvalue weighted by Gasteiger charge is 2.32. The molecule has 0 atom stereocenters. The molecule has 1 aromatic carbocycles. The maximum Gasteiger partial charge on any atom is 0.250 e. The molecule has 0 aliphatic rings. The number of benzene rings is 1. The largest absolute Gasteiger partial charge is 0.542 e. The zero-order valence-electron chi connectivity index (χ0n) is 14.5. The van der Waals surface area contributed by atoms with Gasteiger partial charge in [-0.25, -0.2) is 0 Å². The number of hydrogen-bond acceptors (Lipinski definition) is 2. The van der Waals surface area contributed by atoms with Crippen LogP contribution >= 0.6 is 0 Å². The molecule has 0 radical (unpaired) electrons. The van der Waals surface area contributed by atoms with E-state index in [1.807, 2.05) is 18.2 Å². The summed E-state index contributed by atoms with van der Waals surface area (Å²) in [6.07, 6.45) is 1.86. The van der Waals surface area contributed by atoms with Gasteiger partial charge < -0.3 is 8.85 Å². The molecule has 0 N–H and O–H groups in total. The summed E-state index contributed by atoms with van der Waals surface area (Å²) in [7, 11) is -3.35. The third kappa shape index (κ3) is 5.04.